The molecule has 1 atom stereocenters. The summed E-state index contributed by atoms with van der Waals surface area (Å²) in [7, 11) is 0. The van der Waals surface area contributed by atoms with Crippen LogP contribution in [0.5, 0.6) is 0 Å². The maximum absolute atomic E-state index is 3.70. The largest absolute Gasteiger partial charge is 0.310 e. The predicted molar refractivity (Wildman–Crippen MR) is 82.6 cm³/mol. The van der Waals surface area contributed by atoms with E-state index >= 15 is 0 Å². The molecule has 1 aliphatic rings. The monoisotopic (exact) mass is 260 g/mol. The molecule has 2 N–H and O–H groups in total. The molecule has 1 aromatic rings. The summed E-state index contributed by atoms with van der Waals surface area (Å²) in [6.45, 7) is 13.3. The van der Waals surface area contributed by atoms with Gasteiger partial charge in [0.1, 0.15) is 0 Å². The highest BCUT2D eigenvalue weighted by atomic mass is 15.1. The molecule has 0 saturated carbocycles. The third kappa shape index (κ3) is 3.80. The first kappa shape index (κ1) is 14.5. The van der Waals surface area contributed by atoms with Crippen LogP contribution < -0.4 is 10.6 Å². The van der Waals surface area contributed by atoms with E-state index in [-0.39, 0.29) is 5.54 Å². The molecule has 1 aliphatic heterocycles. The Labute approximate surface area is 118 Å². The molecular weight excluding hydrogens is 232 g/mol. The highest BCUT2D eigenvalue weighted by Crippen LogP contribution is 2.21. The van der Waals surface area contributed by atoms with Crippen LogP contribution >= 0.6 is 0 Å². The van der Waals surface area contributed by atoms with Crippen LogP contribution in [0.1, 0.15) is 56.7 Å². The Kier molecular flexibility index (Phi) is 4.32. The van der Waals surface area contributed by atoms with Crippen molar-refractivity contribution in [2.45, 2.75) is 65.1 Å². The van der Waals surface area contributed by atoms with Gasteiger partial charge in [0, 0.05) is 24.7 Å². The van der Waals surface area contributed by atoms with Crippen molar-refractivity contribution in [1.29, 1.82) is 0 Å². The first-order chi connectivity index (χ1) is 8.87. The van der Waals surface area contributed by atoms with Crippen molar-refractivity contribution in [3.8, 4) is 0 Å². The Hall–Kier alpha value is -0.860. The van der Waals surface area contributed by atoms with Crippen LogP contribution in [0.15, 0.2) is 18.2 Å². The fraction of sp³-hybridized carbons (Fsp3) is 0.647. The molecule has 2 heteroatoms. The molecule has 0 spiro atoms. The third-order valence-electron chi connectivity index (χ3n) is 4.20. The topological polar surface area (TPSA) is 24.1 Å². The normalized spacial score (nSPS) is 22.1. The summed E-state index contributed by atoms with van der Waals surface area (Å²) < 4.78 is 0. The van der Waals surface area contributed by atoms with Gasteiger partial charge in [0.15, 0.2) is 0 Å². The van der Waals surface area contributed by atoms with Crippen LogP contribution in [-0.2, 0) is 6.54 Å². The Bertz CT molecular complexity index is 435. The van der Waals surface area contributed by atoms with Gasteiger partial charge >= 0.3 is 0 Å². The van der Waals surface area contributed by atoms with Crippen molar-refractivity contribution in [3.63, 3.8) is 0 Å². The molecule has 0 aliphatic carbocycles. The Balaban J connectivity index is 1.98. The van der Waals surface area contributed by atoms with E-state index in [1.807, 2.05) is 0 Å². The highest BCUT2D eigenvalue weighted by molar-refractivity contribution is 5.32. The molecule has 2 nitrogen and oxygen atoms in total. The number of nitrogens with one attached hydrogen (secondary N) is 2. The lowest BCUT2D eigenvalue weighted by Crippen LogP contribution is -2.31. The summed E-state index contributed by atoms with van der Waals surface area (Å²) in [6, 6.07) is 7.46. The van der Waals surface area contributed by atoms with E-state index in [1.54, 1.807) is 0 Å². The summed E-state index contributed by atoms with van der Waals surface area (Å²) in [5.74, 6) is 0.603. The molecule has 19 heavy (non-hydrogen) atoms. The number of aryl methyl sites for hydroxylation is 1. The molecule has 0 bridgehead atoms. The van der Waals surface area contributed by atoms with Crippen LogP contribution in [0, 0.1) is 6.92 Å². The average molecular weight is 260 g/mol. The van der Waals surface area contributed by atoms with Gasteiger partial charge in [-0.05, 0) is 49.8 Å². The molecule has 106 valence electrons. The zero-order valence-corrected chi connectivity index (χ0v) is 13.0. The van der Waals surface area contributed by atoms with Crippen LogP contribution in [0.3, 0.4) is 0 Å². The SMILES string of the molecule is Cc1ccc(C(C)C)cc1CNC1CNC(C)(C)C1. The first-order valence-electron chi connectivity index (χ1n) is 7.45. The van der Waals surface area contributed by atoms with E-state index in [9.17, 15) is 0 Å². The van der Waals surface area contributed by atoms with Crippen molar-refractivity contribution in [2.24, 2.45) is 0 Å². The molecule has 0 aromatic heterocycles. The van der Waals surface area contributed by atoms with Crippen molar-refractivity contribution in [3.05, 3.63) is 34.9 Å². The van der Waals surface area contributed by atoms with Crippen LogP contribution in [0.2, 0.25) is 0 Å². The van der Waals surface area contributed by atoms with Crippen LogP contribution in [0.4, 0.5) is 0 Å². The minimum absolute atomic E-state index is 0.284. The number of rotatable bonds is 4. The standard InChI is InChI=1S/C17H28N2/c1-12(2)14-7-6-13(3)15(8-14)10-18-16-9-17(4,5)19-11-16/h6-8,12,16,18-19H,9-11H2,1-5H3. The maximum atomic E-state index is 3.70. The van der Waals surface area contributed by atoms with Gasteiger partial charge in [-0.3, -0.25) is 0 Å². The third-order valence-corrected chi connectivity index (χ3v) is 4.20. The minimum Gasteiger partial charge on any atom is -0.310 e. The van der Waals surface area contributed by atoms with E-state index in [0.29, 0.717) is 12.0 Å². The van der Waals surface area contributed by atoms with E-state index in [0.717, 1.165) is 13.1 Å². The van der Waals surface area contributed by atoms with Crippen LogP contribution in [-0.4, -0.2) is 18.1 Å². The van der Waals surface area contributed by atoms with Gasteiger partial charge < -0.3 is 10.6 Å². The highest BCUT2D eigenvalue weighted by Gasteiger charge is 2.29. The smallest absolute Gasteiger partial charge is 0.0213 e. The van der Waals surface area contributed by atoms with Gasteiger partial charge in [0.2, 0.25) is 0 Å². The molecule has 2 rings (SSSR count). The summed E-state index contributed by atoms with van der Waals surface area (Å²) in [4.78, 5) is 0. The van der Waals surface area contributed by atoms with E-state index in [1.165, 1.54) is 23.1 Å². The fourth-order valence-electron chi connectivity index (χ4n) is 2.80. The molecule has 1 unspecified atom stereocenters. The maximum Gasteiger partial charge on any atom is 0.0213 e. The van der Waals surface area contributed by atoms with Gasteiger partial charge in [-0.1, -0.05) is 32.0 Å². The number of benzene rings is 1. The average Bonchev–Trinajstić information content (AvgIpc) is 2.67. The first-order valence-corrected chi connectivity index (χ1v) is 7.45. The molecule has 1 heterocycles. The molecule has 1 fully saturated rings. The lowest BCUT2D eigenvalue weighted by molar-refractivity contribution is 0.442. The predicted octanol–water partition coefficient (Wildman–Crippen LogP) is 3.35. The van der Waals surface area contributed by atoms with Gasteiger partial charge in [-0.15, -0.1) is 0 Å². The fourth-order valence-corrected chi connectivity index (χ4v) is 2.80. The second kappa shape index (κ2) is 5.64. The van der Waals surface area contributed by atoms with Crippen molar-refractivity contribution in [2.75, 3.05) is 6.54 Å². The summed E-state index contributed by atoms with van der Waals surface area (Å²) in [6.07, 6.45) is 1.20. The van der Waals surface area contributed by atoms with Crippen LogP contribution in [0.25, 0.3) is 0 Å². The second-order valence-electron chi connectivity index (χ2n) is 6.89. The van der Waals surface area contributed by atoms with Crippen molar-refractivity contribution < 1.29 is 0 Å². The zero-order valence-electron chi connectivity index (χ0n) is 13.0. The minimum atomic E-state index is 0.284. The van der Waals surface area contributed by atoms with Crippen molar-refractivity contribution >= 4 is 0 Å². The second-order valence-corrected chi connectivity index (χ2v) is 6.89. The Morgan fingerprint density at radius 3 is 2.68 bits per heavy atom. The van der Waals surface area contributed by atoms with Gasteiger partial charge in [0.25, 0.3) is 0 Å². The lowest BCUT2D eigenvalue weighted by Gasteiger charge is -2.18. The van der Waals surface area contributed by atoms with E-state index < -0.39 is 0 Å². The number of hydrogen-bond acceptors (Lipinski definition) is 2. The van der Waals surface area contributed by atoms with Crippen molar-refractivity contribution in [1.82, 2.24) is 10.6 Å². The molecule has 0 amide bonds. The summed E-state index contributed by atoms with van der Waals surface area (Å²) in [5.41, 5.74) is 4.55. The molecule has 1 saturated heterocycles. The molecule has 1 aromatic carbocycles. The Morgan fingerprint density at radius 2 is 2.11 bits per heavy atom. The Morgan fingerprint density at radius 1 is 1.37 bits per heavy atom. The molecular formula is C17H28N2. The van der Waals surface area contributed by atoms with E-state index in [4.69, 9.17) is 0 Å². The zero-order chi connectivity index (χ0) is 14.0. The van der Waals surface area contributed by atoms with E-state index in [2.05, 4.69) is 63.5 Å². The summed E-state index contributed by atoms with van der Waals surface area (Å²) >= 11 is 0. The summed E-state index contributed by atoms with van der Waals surface area (Å²) in [5, 5.41) is 7.26. The molecule has 0 radical (unpaired) electrons. The van der Waals surface area contributed by atoms with Gasteiger partial charge in [-0.2, -0.15) is 0 Å². The lowest BCUT2D eigenvalue weighted by atomic mass is 9.97. The van der Waals surface area contributed by atoms with Gasteiger partial charge in [0.05, 0.1) is 0 Å². The number of hydrogen-bond donors (Lipinski definition) is 2. The quantitative estimate of drug-likeness (QED) is 0.867. The van der Waals surface area contributed by atoms with Gasteiger partial charge in [-0.25, -0.2) is 0 Å².